The van der Waals surface area contributed by atoms with Gasteiger partial charge in [0.05, 0.1) is 59.3 Å². The second-order valence-corrected chi connectivity index (χ2v) is 10.7. The first-order valence-electron chi connectivity index (χ1n) is 13.4. The summed E-state index contributed by atoms with van der Waals surface area (Å²) in [5.74, 6) is -0.336. The van der Waals surface area contributed by atoms with Crippen molar-refractivity contribution in [3.05, 3.63) is 87.3 Å². The monoisotopic (exact) mass is 564 g/mol. The van der Waals surface area contributed by atoms with Gasteiger partial charge in [-0.3, -0.25) is 14.2 Å². The summed E-state index contributed by atoms with van der Waals surface area (Å²) in [6.07, 6.45) is 1.52. The zero-order valence-electron chi connectivity index (χ0n) is 23.3. The largest absolute Gasteiger partial charge is 0.379 e. The van der Waals surface area contributed by atoms with Crippen molar-refractivity contribution in [1.82, 2.24) is 4.57 Å². The highest BCUT2D eigenvalue weighted by atomic mass is 32.2. The quantitative estimate of drug-likeness (QED) is 0.180. The predicted molar refractivity (Wildman–Crippen MR) is 154 cm³/mol. The third-order valence-electron chi connectivity index (χ3n) is 6.14. The molecule has 1 aromatic heterocycles. The average molecular weight is 565 g/mol. The third kappa shape index (κ3) is 8.54. The van der Waals surface area contributed by atoms with Gasteiger partial charge in [0.15, 0.2) is 5.78 Å². The number of hydrogen-bond donors (Lipinski definition) is 0. The van der Waals surface area contributed by atoms with Crippen molar-refractivity contribution in [1.29, 1.82) is 5.26 Å². The lowest BCUT2D eigenvalue weighted by molar-refractivity contribution is 0.0141. The SMILES string of the molecule is CCCOCCOCCOCCCC(=O)c1cc(S(=O)c2ccc(C#N)cc2)c(C)n(-c2cccc(C)c2)c1=O. The summed E-state index contributed by atoms with van der Waals surface area (Å²) < 4.78 is 31.4. The average Bonchev–Trinajstić information content (AvgIpc) is 2.95. The Kier molecular flexibility index (Phi) is 12.4. The Bertz CT molecular complexity index is 1410. The van der Waals surface area contributed by atoms with Crippen LogP contribution in [0.4, 0.5) is 0 Å². The number of aryl methyl sites for hydroxylation is 1. The van der Waals surface area contributed by atoms with Crippen LogP contribution in [-0.4, -0.2) is 54.2 Å². The number of nitriles is 1. The number of hydrogen-bond acceptors (Lipinski definition) is 7. The summed E-state index contributed by atoms with van der Waals surface area (Å²) in [4.78, 5) is 27.7. The molecule has 0 bridgehead atoms. The van der Waals surface area contributed by atoms with Crippen LogP contribution in [0.3, 0.4) is 0 Å². The lowest BCUT2D eigenvalue weighted by atomic mass is 10.1. The van der Waals surface area contributed by atoms with Crippen molar-refractivity contribution in [2.75, 3.05) is 39.6 Å². The van der Waals surface area contributed by atoms with Crippen molar-refractivity contribution < 1.29 is 23.2 Å². The number of rotatable bonds is 16. The first kappa shape index (κ1) is 31.1. The zero-order chi connectivity index (χ0) is 28.9. The molecule has 40 heavy (non-hydrogen) atoms. The minimum atomic E-state index is -1.68. The molecule has 3 aromatic rings. The van der Waals surface area contributed by atoms with E-state index in [1.807, 2.05) is 31.2 Å². The highest BCUT2D eigenvalue weighted by molar-refractivity contribution is 7.85. The van der Waals surface area contributed by atoms with E-state index in [0.29, 0.717) is 66.2 Å². The Morgan fingerprint density at radius 1 is 0.925 bits per heavy atom. The van der Waals surface area contributed by atoms with Gasteiger partial charge >= 0.3 is 0 Å². The zero-order valence-corrected chi connectivity index (χ0v) is 24.1. The fourth-order valence-electron chi connectivity index (χ4n) is 4.08. The van der Waals surface area contributed by atoms with Crippen LogP contribution >= 0.6 is 0 Å². The van der Waals surface area contributed by atoms with Crippen LogP contribution in [0.25, 0.3) is 5.69 Å². The van der Waals surface area contributed by atoms with E-state index in [1.165, 1.54) is 10.6 Å². The molecule has 0 aliphatic carbocycles. The van der Waals surface area contributed by atoms with E-state index in [9.17, 15) is 13.8 Å². The summed E-state index contributed by atoms with van der Waals surface area (Å²) in [7, 11) is -1.68. The summed E-state index contributed by atoms with van der Waals surface area (Å²) >= 11 is 0. The first-order valence-corrected chi connectivity index (χ1v) is 14.5. The Hall–Kier alpha value is -3.42. The first-order chi connectivity index (χ1) is 19.4. The van der Waals surface area contributed by atoms with Crippen molar-refractivity contribution in [2.45, 2.75) is 49.8 Å². The molecule has 9 heteroatoms. The number of aromatic nitrogens is 1. The van der Waals surface area contributed by atoms with E-state index in [1.54, 1.807) is 37.3 Å². The van der Waals surface area contributed by atoms with Crippen LogP contribution in [0.5, 0.6) is 0 Å². The summed E-state index contributed by atoms with van der Waals surface area (Å²) in [6, 6.07) is 17.3. The van der Waals surface area contributed by atoms with Gasteiger partial charge in [-0.25, -0.2) is 4.21 Å². The van der Waals surface area contributed by atoms with Gasteiger partial charge in [0, 0.05) is 35.9 Å². The molecular weight excluding hydrogens is 528 g/mol. The van der Waals surface area contributed by atoms with E-state index in [2.05, 4.69) is 6.92 Å². The van der Waals surface area contributed by atoms with Crippen molar-refractivity contribution in [3.63, 3.8) is 0 Å². The summed E-state index contributed by atoms with van der Waals surface area (Å²) in [6.45, 7) is 8.66. The number of carbonyl (C=O) groups is 1. The minimum absolute atomic E-state index is 0.0143. The molecule has 3 rings (SSSR count). The van der Waals surface area contributed by atoms with Gasteiger partial charge in [-0.2, -0.15) is 5.26 Å². The molecule has 0 amide bonds. The van der Waals surface area contributed by atoms with E-state index in [-0.39, 0.29) is 17.8 Å². The van der Waals surface area contributed by atoms with Gasteiger partial charge in [-0.05, 0) is 74.7 Å². The van der Waals surface area contributed by atoms with Gasteiger partial charge in [-0.15, -0.1) is 0 Å². The number of benzene rings is 2. The highest BCUT2D eigenvalue weighted by Crippen LogP contribution is 2.23. The fraction of sp³-hybridized carbons (Fsp3) is 0.387. The fourth-order valence-corrected chi connectivity index (χ4v) is 5.30. The van der Waals surface area contributed by atoms with Crippen molar-refractivity contribution in [2.24, 2.45) is 0 Å². The number of nitrogens with zero attached hydrogens (tertiary/aromatic N) is 2. The molecule has 2 aromatic carbocycles. The molecule has 0 N–H and O–H groups in total. The molecule has 0 aliphatic rings. The van der Waals surface area contributed by atoms with Gasteiger partial charge in [0.2, 0.25) is 0 Å². The molecular formula is C31H36N2O6S. The highest BCUT2D eigenvalue weighted by Gasteiger charge is 2.22. The van der Waals surface area contributed by atoms with E-state index in [0.717, 1.165) is 18.6 Å². The molecule has 0 spiro atoms. The summed E-state index contributed by atoms with van der Waals surface area (Å²) in [5.41, 5.74) is 2.02. The van der Waals surface area contributed by atoms with Gasteiger partial charge in [0.25, 0.3) is 5.56 Å². The van der Waals surface area contributed by atoms with E-state index < -0.39 is 16.4 Å². The lowest BCUT2D eigenvalue weighted by Gasteiger charge is -2.17. The second kappa shape index (κ2) is 16.0. The molecule has 0 aliphatic heterocycles. The second-order valence-electron chi connectivity index (χ2n) is 9.26. The van der Waals surface area contributed by atoms with Crippen molar-refractivity contribution in [3.8, 4) is 11.8 Å². The predicted octanol–water partition coefficient (Wildman–Crippen LogP) is 4.92. The number of Topliss-reactive ketones (excluding diaryl/α,β-unsaturated/α-hetero) is 1. The molecule has 212 valence electrons. The smallest absolute Gasteiger partial charge is 0.266 e. The minimum Gasteiger partial charge on any atom is -0.379 e. The van der Waals surface area contributed by atoms with Gasteiger partial charge in [0.1, 0.15) is 0 Å². The number of ether oxygens (including phenoxy) is 3. The molecule has 1 atom stereocenters. The maximum absolute atomic E-state index is 13.6. The molecule has 0 saturated carbocycles. The van der Waals surface area contributed by atoms with Crippen LogP contribution in [0.1, 0.15) is 53.4 Å². The Balaban J connectivity index is 1.76. The van der Waals surface area contributed by atoms with Crippen LogP contribution in [0.2, 0.25) is 0 Å². The molecule has 1 unspecified atom stereocenters. The number of ketones is 1. The van der Waals surface area contributed by atoms with Crippen LogP contribution in [0, 0.1) is 25.2 Å². The molecule has 8 nitrogen and oxygen atoms in total. The lowest BCUT2D eigenvalue weighted by Crippen LogP contribution is -2.28. The number of carbonyl (C=O) groups excluding carboxylic acids is 1. The molecule has 0 radical (unpaired) electrons. The number of pyridine rings is 1. The van der Waals surface area contributed by atoms with Gasteiger partial charge in [-0.1, -0.05) is 19.1 Å². The van der Waals surface area contributed by atoms with E-state index in [4.69, 9.17) is 19.5 Å². The molecule has 0 saturated heterocycles. The third-order valence-corrected chi connectivity index (χ3v) is 7.66. The van der Waals surface area contributed by atoms with E-state index >= 15 is 0 Å². The Morgan fingerprint density at radius 2 is 1.57 bits per heavy atom. The van der Waals surface area contributed by atoms with Crippen LogP contribution in [-0.2, 0) is 25.0 Å². The Morgan fingerprint density at radius 3 is 2.20 bits per heavy atom. The molecule has 0 fully saturated rings. The van der Waals surface area contributed by atoms with Crippen LogP contribution < -0.4 is 5.56 Å². The van der Waals surface area contributed by atoms with Crippen molar-refractivity contribution >= 4 is 16.6 Å². The standard InChI is InChI=1S/C31H36N2O6S/c1-4-14-37-16-18-39-19-17-38-15-6-9-29(34)28-21-30(40(36)27-12-10-25(22-32)11-13-27)24(3)33(31(28)35)26-8-5-7-23(2)20-26/h5,7-8,10-13,20-21H,4,6,9,14-19H2,1-3H3. The normalized spacial score (nSPS) is 11.8. The molecule has 1 heterocycles. The summed E-state index contributed by atoms with van der Waals surface area (Å²) in [5, 5.41) is 9.10. The van der Waals surface area contributed by atoms with Gasteiger partial charge < -0.3 is 14.2 Å². The maximum Gasteiger partial charge on any atom is 0.266 e. The van der Waals surface area contributed by atoms with Crippen LogP contribution in [0.15, 0.2) is 69.2 Å². The Labute approximate surface area is 238 Å². The maximum atomic E-state index is 13.6. The topological polar surface area (TPSA) is 108 Å².